The van der Waals surface area contributed by atoms with Crippen molar-refractivity contribution < 1.29 is 9.18 Å². The number of pyridine rings is 1. The smallest absolute Gasteiger partial charge is 0.226 e. The molecular weight excluding hydrogens is 389 g/mol. The molecule has 158 valence electrons. The van der Waals surface area contributed by atoms with Crippen molar-refractivity contribution >= 4 is 18.3 Å². The Labute approximate surface area is 179 Å². The van der Waals surface area contributed by atoms with E-state index in [2.05, 4.69) is 10.3 Å². The molecule has 0 saturated carbocycles. The number of rotatable bonds is 7. The molecule has 0 spiro atoms. The summed E-state index contributed by atoms with van der Waals surface area (Å²) in [6.07, 6.45) is 6.26. The normalized spacial score (nSPS) is 17.7. The van der Waals surface area contributed by atoms with Gasteiger partial charge in [0.1, 0.15) is 5.82 Å². The molecule has 2 atom stereocenters. The summed E-state index contributed by atoms with van der Waals surface area (Å²) in [4.78, 5) is 19.8. The summed E-state index contributed by atoms with van der Waals surface area (Å²) in [6.45, 7) is 4.49. The molecule has 1 aliphatic heterocycles. The maximum absolute atomic E-state index is 13.4. The van der Waals surface area contributed by atoms with E-state index in [-0.39, 0.29) is 36.1 Å². The van der Waals surface area contributed by atoms with Crippen LogP contribution >= 0.6 is 12.4 Å². The van der Waals surface area contributed by atoms with E-state index in [1.807, 2.05) is 36.1 Å². The number of benzene rings is 1. The lowest BCUT2D eigenvalue weighted by Gasteiger charge is -2.33. The van der Waals surface area contributed by atoms with Crippen molar-refractivity contribution in [2.75, 3.05) is 13.1 Å². The summed E-state index contributed by atoms with van der Waals surface area (Å²) in [5, 5.41) is 3.43. The third-order valence-electron chi connectivity index (χ3n) is 5.50. The number of carbonyl (C=O) groups is 1. The van der Waals surface area contributed by atoms with Crippen molar-refractivity contribution in [2.24, 2.45) is 5.92 Å². The van der Waals surface area contributed by atoms with E-state index in [1.165, 1.54) is 6.07 Å². The van der Waals surface area contributed by atoms with Crippen molar-refractivity contribution in [3.63, 3.8) is 0 Å². The second-order valence-corrected chi connectivity index (χ2v) is 7.69. The Hall–Kier alpha value is -1.98. The highest BCUT2D eigenvalue weighted by Crippen LogP contribution is 2.21. The van der Waals surface area contributed by atoms with Crippen molar-refractivity contribution in [1.29, 1.82) is 0 Å². The van der Waals surface area contributed by atoms with Crippen LogP contribution in [-0.4, -0.2) is 34.9 Å². The largest absolute Gasteiger partial charge is 0.334 e. The molecule has 2 heterocycles. The van der Waals surface area contributed by atoms with Crippen LogP contribution in [0.3, 0.4) is 0 Å². The third-order valence-corrected chi connectivity index (χ3v) is 5.50. The lowest BCUT2D eigenvalue weighted by Crippen LogP contribution is -2.43. The van der Waals surface area contributed by atoms with E-state index >= 15 is 0 Å². The van der Waals surface area contributed by atoms with Crippen LogP contribution < -0.4 is 5.32 Å². The molecule has 0 aliphatic carbocycles. The number of carbonyl (C=O) groups excluding carboxylic acids is 1. The second-order valence-electron chi connectivity index (χ2n) is 7.69. The number of hydrogen-bond donors (Lipinski definition) is 1. The fourth-order valence-corrected chi connectivity index (χ4v) is 3.85. The maximum Gasteiger partial charge on any atom is 0.226 e. The van der Waals surface area contributed by atoms with Crippen molar-refractivity contribution in [3.8, 4) is 0 Å². The molecule has 1 amide bonds. The quantitative estimate of drug-likeness (QED) is 0.724. The van der Waals surface area contributed by atoms with E-state index < -0.39 is 0 Å². The molecule has 1 aromatic carbocycles. The molecule has 3 rings (SSSR count). The van der Waals surface area contributed by atoms with E-state index in [9.17, 15) is 9.18 Å². The van der Waals surface area contributed by atoms with Gasteiger partial charge >= 0.3 is 0 Å². The highest BCUT2D eigenvalue weighted by Gasteiger charge is 2.28. The summed E-state index contributed by atoms with van der Waals surface area (Å²) in [6, 6.07) is 12.7. The minimum Gasteiger partial charge on any atom is -0.334 e. The first-order chi connectivity index (χ1) is 13.6. The van der Waals surface area contributed by atoms with Gasteiger partial charge in [-0.3, -0.25) is 9.78 Å². The van der Waals surface area contributed by atoms with Crippen LogP contribution in [0.1, 0.15) is 43.9 Å². The van der Waals surface area contributed by atoms with Gasteiger partial charge in [-0.25, -0.2) is 4.39 Å². The Morgan fingerprint density at radius 1 is 1.24 bits per heavy atom. The minimum absolute atomic E-state index is 0. The van der Waals surface area contributed by atoms with E-state index in [0.29, 0.717) is 19.4 Å². The van der Waals surface area contributed by atoms with Gasteiger partial charge in [0, 0.05) is 18.2 Å². The molecule has 0 radical (unpaired) electrons. The fourth-order valence-electron chi connectivity index (χ4n) is 3.85. The zero-order chi connectivity index (χ0) is 19.8. The van der Waals surface area contributed by atoms with Gasteiger partial charge in [0.25, 0.3) is 0 Å². The second kappa shape index (κ2) is 11.9. The molecule has 2 unspecified atom stereocenters. The first-order valence-corrected chi connectivity index (χ1v) is 10.3. The van der Waals surface area contributed by atoms with Gasteiger partial charge in [-0.2, -0.15) is 0 Å². The number of nitrogens with zero attached hydrogens (tertiary/aromatic N) is 2. The standard InChI is InChI=1S/C23H30FN3O.ClH/c1-18(10-11-19-6-4-7-20(24)16-19)23(28)27(17-21-8-2-3-14-26-21)22-9-5-13-25-15-12-22;/h2-4,6-8,14,16,18,22,25H,5,9-13,15,17H2,1H3;1H. The SMILES string of the molecule is CC(CCc1cccc(F)c1)C(=O)N(Cc1ccccn1)C1CCCNCC1.Cl. The molecule has 29 heavy (non-hydrogen) atoms. The van der Waals surface area contributed by atoms with Crippen molar-refractivity contribution in [2.45, 2.75) is 51.6 Å². The lowest BCUT2D eigenvalue weighted by atomic mass is 9.97. The Bertz CT molecular complexity index is 751. The average molecular weight is 420 g/mol. The Kier molecular flexibility index (Phi) is 9.55. The molecule has 6 heteroatoms. The molecule has 1 aromatic heterocycles. The number of nitrogens with one attached hydrogen (secondary N) is 1. The molecule has 1 aliphatic rings. The van der Waals surface area contributed by atoms with Gasteiger partial charge in [-0.1, -0.05) is 25.1 Å². The van der Waals surface area contributed by atoms with Gasteiger partial charge in [-0.05, 0) is 75.0 Å². The molecule has 1 N–H and O–H groups in total. The molecule has 4 nitrogen and oxygen atoms in total. The van der Waals surface area contributed by atoms with E-state index in [1.54, 1.807) is 18.3 Å². The van der Waals surface area contributed by atoms with Crippen LogP contribution in [0, 0.1) is 11.7 Å². The van der Waals surface area contributed by atoms with Crippen LogP contribution in [0.2, 0.25) is 0 Å². The molecule has 2 aromatic rings. The van der Waals surface area contributed by atoms with Crippen LogP contribution in [-0.2, 0) is 17.8 Å². The number of amides is 1. The number of aryl methyl sites for hydroxylation is 1. The summed E-state index contributed by atoms with van der Waals surface area (Å²) >= 11 is 0. The minimum atomic E-state index is -0.223. The topological polar surface area (TPSA) is 45.2 Å². The maximum atomic E-state index is 13.4. The first kappa shape index (κ1) is 23.3. The summed E-state index contributed by atoms with van der Waals surface area (Å²) in [5.74, 6) is -0.156. The van der Waals surface area contributed by atoms with E-state index in [4.69, 9.17) is 0 Å². The monoisotopic (exact) mass is 419 g/mol. The van der Waals surface area contributed by atoms with Gasteiger partial charge < -0.3 is 10.2 Å². The molecule has 0 bridgehead atoms. The van der Waals surface area contributed by atoms with Crippen LogP contribution in [0.4, 0.5) is 4.39 Å². The van der Waals surface area contributed by atoms with Crippen LogP contribution in [0.25, 0.3) is 0 Å². The van der Waals surface area contributed by atoms with Crippen molar-refractivity contribution in [1.82, 2.24) is 15.2 Å². The third kappa shape index (κ3) is 7.09. The fraction of sp³-hybridized carbons (Fsp3) is 0.478. The average Bonchev–Trinajstić information content (AvgIpc) is 3.00. The van der Waals surface area contributed by atoms with Crippen molar-refractivity contribution in [3.05, 3.63) is 65.7 Å². The van der Waals surface area contributed by atoms with Gasteiger partial charge in [-0.15, -0.1) is 12.4 Å². The number of hydrogen-bond acceptors (Lipinski definition) is 3. The Morgan fingerprint density at radius 3 is 2.86 bits per heavy atom. The van der Waals surface area contributed by atoms with Gasteiger partial charge in [0.2, 0.25) is 5.91 Å². The van der Waals surface area contributed by atoms with E-state index in [0.717, 1.165) is 43.6 Å². The lowest BCUT2D eigenvalue weighted by molar-refractivity contribution is -0.138. The Morgan fingerprint density at radius 2 is 2.10 bits per heavy atom. The zero-order valence-corrected chi connectivity index (χ0v) is 17.8. The first-order valence-electron chi connectivity index (χ1n) is 10.3. The molecule has 1 fully saturated rings. The number of halogens is 2. The number of aromatic nitrogens is 1. The highest BCUT2D eigenvalue weighted by atomic mass is 35.5. The summed E-state index contributed by atoms with van der Waals surface area (Å²) in [7, 11) is 0. The van der Waals surface area contributed by atoms with Gasteiger partial charge in [0.05, 0.1) is 12.2 Å². The molecule has 1 saturated heterocycles. The molecular formula is C23H31ClFN3O. The predicted molar refractivity (Wildman–Crippen MR) is 116 cm³/mol. The Balaban J connectivity index is 0.00000300. The van der Waals surface area contributed by atoms with Gasteiger partial charge in [0.15, 0.2) is 0 Å². The highest BCUT2D eigenvalue weighted by molar-refractivity contribution is 5.85. The summed E-state index contributed by atoms with van der Waals surface area (Å²) in [5.41, 5.74) is 1.86. The zero-order valence-electron chi connectivity index (χ0n) is 17.0. The van der Waals surface area contributed by atoms with Crippen LogP contribution in [0.15, 0.2) is 48.7 Å². The summed E-state index contributed by atoms with van der Waals surface area (Å²) < 4.78 is 13.4. The predicted octanol–water partition coefficient (Wildman–Crippen LogP) is 4.38. The van der Waals surface area contributed by atoms with Crippen LogP contribution in [0.5, 0.6) is 0 Å².